The maximum Gasteiger partial charge on any atom is 0.126 e. The van der Waals surface area contributed by atoms with Crippen LogP contribution in [0.15, 0.2) is 48.5 Å². The predicted octanol–water partition coefficient (Wildman–Crippen LogP) is 3.10. The number of aryl methyl sites for hydroxylation is 1. The summed E-state index contributed by atoms with van der Waals surface area (Å²) in [5.41, 5.74) is 8.76. The molecule has 0 spiro atoms. The van der Waals surface area contributed by atoms with E-state index in [1.54, 1.807) is 6.92 Å². The average molecular weight is 272 g/mol. The molecule has 106 valence electrons. The monoisotopic (exact) mass is 272 g/mol. The van der Waals surface area contributed by atoms with Crippen LogP contribution in [0.5, 0.6) is 0 Å². The molecule has 0 saturated heterocycles. The van der Waals surface area contributed by atoms with Crippen molar-refractivity contribution in [2.24, 2.45) is 5.73 Å². The number of halogens is 1. The van der Waals surface area contributed by atoms with Crippen LogP contribution in [0, 0.1) is 12.7 Å². The molecular formula is C17H21FN2. The molecule has 3 heteroatoms. The van der Waals surface area contributed by atoms with E-state index in [9.17, 15) is 4.39 Å². The summed E-state index contributed by atoms with van der Waals surface area (Å²) in [7, 11) is 0. The largest absolute Gasteiger partial charge is 0.329 e. The second kappa shape index (κ2) is 7.17. The molecule has 0 aromatic heterocycles. The van der Waals surface area contributed by atoms with Crippen LogP contribution in [0.1, 0.15) is 16.7 Å². The van der Waals surface area contributed by atoms with Gasteiger partial charge in [-0.15, -0.1) is 0 Å². The Morgan fingerprint density at radius 3 is 2.35 bits per heavy atom. The Morgan fingerprint density at radius 1 is 1.00 bits per heavy atom. The van der Waals surface area contributed by atoms with Crippen LogP contribution in [-0.2, 0) is 13.1 Å². The van der Waals surface area contributed by atoms with E-state index in [0.29, 0.717) is 12.1 Å². The highest BCUT2D eigenvalue weighted by atomic mass is 19.1. The molecule has 2 aromatic rings. The van der Waals surface area contributed by atoms with Gasteiger partial charge in [0, 0.05) is 26.2 Å². The molecule has 0 aliphatic carbocycles. The summed E-state index contributed by atoms with van der Waals surface area (Å²) in [6.07, 6.45) is 0. The number of nitrogens with two attached hydrogens (primary N) is 1. The van der Waals surface area contributed by atoms with Crippen LogP contribution < -0.4 is 5.73 Å². The fraction of sp³-hybridized carbons (Fsp3) is 0.294. The summed E-state index contributed by atoms with van der Waals surface area (Å²) in [4.78, 5) is 2.28. The Morgan fingerprint density at radius 2 is 1.70 bits per heavy atom. The van der Waals surface area contributed by atoms with E-state index in [0.717, 1.165) is 25.2 Å². The topological polar surface area (TPSA) is 29.3 Å². The van der Waals surface area contributed by atoms with E-state index in [4.69, 9.17) is 5.73 Å². The van der Waals surface area contributed by atoms with Gasteiger partial charge in [-0.2, -0.15) is 0 Å². The van der Waals surface area contributed by atoms with Gasteiger partial charge in [-0.3, -0.25) is 4.90 Å². The van der Waals surface area contributed by atoms with Crippen molar-refractivity contribution in [1.82, 2.24) is 4.90 Å². The third-order valence-electron chi connectivity index (χ3n) is 3.32. The molecule has 0 radical (unpaired) electrons. The van der Waals surface area contributed by atoms with Crippen LogP contribution in [0.3, 0.4) is 0 Å². The molecule has 20 heavy (non-hydrogen) atoms. The number of rotatable bonds is 6. The Balaban J connectivity index is 2.06. The quantitative estimate of drug-likeness (QED) is 0.875. The lowest BCUT2D eigenvalue weighted by Gasteiger charge is -2.22. The van der Waals surface area contributed by atoms with Crippen molar-refractivity contribution in [2.75, 3.05) is 13.1 Å². The predicted molar refractivity (Wildman–Crippen MR) is 80.7 cm³/mol. The van der Waals surface area contributed by atoms with Gasteiger partial charge in [0.05, 0.1) is 0 Å². The SMILES string of the molecule is Cc1cc(CN(CCN)Cc2ccccc2)ccc1F. The Kier molecular flexibility index (Phi) is 5.27. The summed E-state index contributed by atoms with van der Waals surface area (Å²) in [6, 6.07) is 15.6. The zero-order chi connectivity index (χ0) is 14.4. The Hall–Kier alpha value is -1.71. The zero-order valence-corrected chi connectivity index (χ0v) is 11.8. The van der Waals surface area contributed by atoms with Crippen molar-refractivity contribution in [3.63, 3.8) is 0 Å². The molecule has 0 aliphatic heterocycles. The maximum atomic E-state index is 13.3. The van der Waals surface area contributed by atoms with Crippen molar-refractivity contribution in [1.29, 1.82) is 0 Å². The lowest BCUT2D eigenvalue weighted by molar-refractivity contribution is 0.264. The van der Waals surface area contributed by atoms with Gasteiger partial charge in [0.15, 0.2) is 0 Å². The van der Waals surface area contributed by atoms with Gasteiger partial charge in [-0.05, 0) is 29.7 Å². The molecule has 2 nitrogen and oxygen atoms in total. The van der Waals surface area contributed by atoms with Crippen LogP contribution in [-0.4, -0.2) is 18.0 Å². The first-order chi connectivity index (χ1) is 9.69. The van der Waals surface area contributed by atoms with Crippen LogP contribution >= 0.6 is 0 Å². The Labute approximate surface area is 120 Å². The second-order valence-electron chi connectivity index (χ2n) is 5.07. The van der Waals surface area contributed by atoms with E-state index >= 15 is 0 Å². The summed E-state index contributed by atoms with van der Waals surface area (Å²) in [5.74, 6) is -0.151. The summed E-state index contributed by atoms with van der Waals surface area (Å²) >= 11 is 0. The molecule has 0 fully saturated rings. The summed E-state index contributed by atoms with van der Waals surface area (Å²) in [6.45, 7) is 4.88. The molecule has 0 bridgehead atoms. The summed E-state index contributed by atoms with van der Waals surface area (Å²) < 4.78 is 13.3. The molecule has 2 rings (SSSR count). The fourth-order valence-corrected chi connectivity index (χ4v) is 2.30. The van der Waals surface area contributed by atoms with Crippen LogP contribution in [0.25, 0.3) is 0 Å². The van der Waals surface area contributed by atoms with Crippen LogP contribution in [0.2, 0.25) is 0 Å². The molecule has 2 N–H and O–H groups in total. The van der Waals surface area contributed by atoms with Crippen LogP contribution in [0.4, 0.5) is 4.39 Å². The van der Waals surface area contributed by atoms with E-state index in [2.05, 4.69) is 17.0 Å². The van der Waals surface area contributed by atoms with Gasteiger partial charge < -0.3 is 5.73 Å². The van der Waals surface area contributed by atoms with Crippen molar-refractivity contribution in [3.8, 4) is 0 Å². The molecule has 0 heterocycles. The summed E-state index contributed by atoms with van der Waals surface area (Å²) in [5, 5.41) is 0. The van der Waals surface area contributed by atoms with E-state index in [1.807, 2.05) is 30.3 Å². The minimum atomic E-state index is -0.151. The Bertz CT molecular complexity index is 540. The minimum absolute atomic E-state index is 0.151. The molecule has 0 aliphatic rings. The van der Waals surface area contributed by atoms with Crippen molar-refractivity contribution in [2.45, 2.75) is 20.0 Å². The molecule has 0 unspecified atom stereocenters. The molecule has 0 atom stereocenters. The van der Waals surface area contributed by atoms with E-state index in [-0.39, 0.29) is 5.82 Å². The third kappa shape index (κ3) is 4.15. The molecule has 0 saturated carbocycles. The first kappa shape index (κ1) is 14.7. The highest BCUT2D eigenvalue weighted by molar-refractivity contribution is 5.24. The third-order valence-corrected chi connectivity index (χ3v) is 3.32. The smallest absolute Gasteiger partial charge is 0.126 e. The van der Waals surface area contributed by atoms with Gasteiger partial charge in [-0.25, -0.2) is 4.39 Å². The van der Waals surface area contributed by atoms with Crippen molar-refractivity contribution >= 4 is 0 Å². The minimum Gasteiger partial charge on any atom is -0.329 e. The number of nitrogens with zero attached hydrogens (tertiary/aromatic N) is 1. The van der Waals surface area contributed by atoms with Crippen molar-refractivity contribution in [3.05, 3.63) is 71.0 Å². The number of hydrogen-bond acceptors (Lipinski definition) is 2. The van der Waals surface area contributed by atoms with Crippen molar-refractivity contribution < 1.29 is 4.39 Å². The second-order valence-corrected chi connectivity index (χ2v) is 5.07. The molecular weight excluding hydrogens is 251 g/mol. The van der Waals surface area contributed by atoms with E-state index < -0.39 is 0 Å². The first-order valence-electron chi connectivity index (χ1n) is 6.90. The van der Waals surface area contributed by atoms with Gasteiger partial charge >= 0.3 is 0 Å². The lowest BCUT2D eigenvalue weighted by Crippen LogP contribution is -2.28. The normalized spacial score (nSPS) is 11.0. The molecule has 2 aromatic carbocycles. The zero-order valence-electron chi connectivity index (χ0n) is 11.8. The maximum absolute atomic E-state index is 13.3. The highest BCUT2D eigenvalue weighted by Crippen LogP contribution is 2.13. The standard InChI is InChI=1S/C17H21FN2/c1-14-11-16(7-8-17(14)18)13-20(10-9-19)12-15-5-3-2-4-6-15/h2-8,11H,9-10,12-13,19H2,1H3. The van der Waals surface area contributed by atoms with Gasteiger partial charge in [0.1, 0.15) is 5.82 Å². The average Bonchev–Trinajstić information content (AvgIpc) is 2.44. The first-order valence-corrected chi connectivity index (χ1v) is 6.90. The molecule has 0 amide bonds. The fourth-order valence-electron chi connectivity index (χ4n) is 2.30. The van der Waals surface area contributed by atoms with Gasteiger partial charge in [-0.1, -0.05) is 42.5 Å². The number of benzene rings is 2. The van der Waals surface area contributed by atoms with Gasteiger partial charge in [0.25, 0.3) is 0 Å². The van der Waals surface area contributed by atoms with E-state index in [1.165, 1.54) is 11.6 Å². The highest BCUT2D eigenvalue weighted by Gasteiger charge is 2.07. The lowest BCUT2D eigenvalue weighted by atomic mass is 10.1. The van der Waals surface area contributed by atoms with Gasteiger partial charge in [0.2, 0.25) is 0 Å². The number of hydrogen-bond donors (Lipinski definition) is 1.